The second-order valence-electron chi connectivity index (χ2n) is 5.02. The van der Waals surface area contributed by atoms with Crippen LogP contribution >= 0.6 is 0 Å². The Bertz CT molecular complexity index is 573. The zero-order chi connectivity index (χ0) is 13.2. The van der Waals surface area contributed by atoms with E-state index in [1.54, 1.807) is 0 Å². The molecule has 0 spiro atoms. The van der Waals surface area contributed by atoms with Crippen molar-refractivity contribution in [1.29, 1.82) is 0 Å². The first kappa shape index (κ1) is 12.0. The summed E-state index contributed by atoms with van der Waals surface area (Å²) in [5.41, 5.74) is 8.50. The van der Waals surface area contributed by atoms with Gasteiger partial charge in [0.05, 0.1) is 0 Å². The molecular formula is C14H18N4O. The van der Waals surface area contributed by atoms with Gasteiger partial charge in [0, 0.05) is 24.3 Å². The molecule has 0 atom stereocenters. The summed E-state index contributed by atoms with van der Waals surface area (Å²) in [6, 6.07) is 5.70. The van der Waals surface area contributed by atoms with Gasteiger partial charge in [-0.2, -0.15) is 4.98 Å². The van der Waals surface area contributed by atoms with E-state index in [0.29, 0.717) is 11.8 Å². The van der Waals surface area contributed by atoms with Crippen LogP contribution in [0.5, 0.6) is 0 Å². The van der Waals surface area contributed by atoms with Crippen molar-refractivity contribution in [3.8, 4) is 11.5 Å². The summed E-state index contributed by atoms with van der Waals surface area (Å²) in [5.74, 6) is 1.27. The predicted molar refractivity (Wildman–Crippen MR) is 74.9 cm³/mol. The molecule has 0 amide bonds. The molecule has 1 aromatic carbocycles. The molecule has 0 radical (unpaired) electrons. The monoisotopic (exact) mass is 258 g/mol. The summed E-state index contributed by atoms with van der Waals surface area (Å²) in [6.07, 6.45) is 3.69. The van der Waals surface area contributed by atoms with Gasteiger partial charge in [-0.05, 0) is 55.1 Å². The van der Waals surface area contributed by atoms with Crippen LogP contribution in [0.2, 0.25) is 0 Å². The molecule has 1 aliphatic heterocycles. The van der Waals surface area contributed by atoms with Crippen LogP contribution in [0.1, 0.15) is 24.8 Å². The van der Waals surface area contributed by atoms with Crippen LogP contribution in [0.3, 0.4) is 0 Å². The lowest BCUT2D eigenvalue weighted by atomic mass is 10.1. The Hall–Kier alpha value is -2.04. The summed E-state index contributed by atoms with van der Waals surface area (Å²) in [7, 11) is 0. The lowest BCUT2D eigenvalue weighted by Crippen LogP contribution is -2.30. The predicted octanol–water partition coefficient (Wildman–Crippen LogP) is 2.62. The highest BCUT2D eigenvalue weighted by atomic mass is 16.5. The third-order valence-electron chi connectivity index (χ3n) is 3.54. The molecule has 100 valence electrons. The van der Waals surface area contributed by atoms with Crippen molar-refractivity contribution in [3.63, 3.8) is 0 Å². The normalized spacial score (nSPS) is 15.7. The SMILES string of the molecule is Cc1cc(N)ccc1-c1nc(N2CCCCC2)no1. The lowest BCUT2D eigenvalue weighted by Gasteiger charge is -2.24. The van der Waals surface area contributed by atoms with Crippen molar-refractivity contribution in [1.82, 2.24) is 10.1 Å². The number of aromatic nitrogens is 2. The fourth-order valence-electron chi connectivity index (χ4n) is 2.47. The molecule has 5 heteroatoms. The van der Waals surface area contributed by atoms with Crippen LogP contribution in [0.15, 0.2) is 22.7 Å². The highest BCUT2D eigenvalue weighted by Crippen LogP contribution is 2.26. The molecule has 1 saturated heterocycles. The Labute approximate surface area is 112 Å². The summed E-state index contributed by atoms with van der Waals surface area (Å²) in [6.45, 7) is 4.02. The van der Waals surface area contributed by atoms with E-state index in [4.69, 9.17) is 10.3 Å². The minimum absolute atomic E-state index is 0.568. The smallest absolute Gasteiger partial charge is 0.266 e. The average Bonchev–Trinajstić information content (AvgIpc) is 2.89. The Morgan fingerprint density at radius 1 is 1.21 bits per heavy atom. The third kappa shape index (κ3) is 2.41. The number of aryl methyl sites for hydroxylation is 1. The number of hydrogen-bond acceptors (Lipinski definition) is 5. The number of hydrogen-bond donors (Lipinski definition) is 1. The molecule has 1 aliphatic rings. The van der Waals surface area contributed by atoms with Crippen LogP contribution < -0.4 is 10.6 Å². The number of nitrogens with zero attached hydrogens (tertiary/aromatic N) is 3. The summed E-state index contributed by atoms with van der Waals surface area (Å²) < 4.78 is 5.38. The summed E-state index contributed by atoms with van der Waals surface area (Å²) in [5, 5.41) is 4.09. The molecule has 1 fully saturated rings. The first-order chi connectivity index (χ1) is 9.24. The van der Waals surface area contributed by atoms with E-state index < -0.39 is 0 Å². The van der Waals surface area contributed by atoms with Crippen molar-refractivity contribution in [2.24, 2.45) is 0 Å². The van der Waals surface area contributed by atoms with E-state index in [1.807, 2.05) is 25.1 Å². The minimum atomic E-state index is 0.568. The number of benzene rings is 1. The molecule has 0 saturated carbocycles. The number of anilines is 2. The van der Waals surface area contributed by atoms with E-state index >= 15 is 0 Å². The van der Waals surface area contributed by atoms with Crippen molar-refractivity contribution < 1.29 is 4.52 Å². The quantitative estimate of drug-likeness (QED) is 0.839. The van der Waals surface area contributed by atoms with E-state index in [2.05, 4.69) is 15.0 Å². The molecule has 0 aliphatic carbocycles. The minimum Gasteiger partial charge on any atom is -0.399 e. The standard InChI is InChI=1S/C14H18N4O/c1-10-9-11(15)5-6-12(10)13-16-14(17-19-13)18-7-3-2-4-8-18/h5-6,9H,2-4,7-8,15H2,1H3. The number of piperidine rings is 1. The third-order valence-corrected chi connectivity index (χ3v) is 3.54. The second kappa shape index (κ2) is 4.91. The van der Waals surface area contributed by atoms with Crippen molar-refractivity contribution in [3.05, 3.63) is 23.8 Å². The topological polar surface area (TPSA) is 68.2 Å². The molecule has 1 aromatic heterocycles. The fraction of sp³-hybridized carbons (Fsp3) is 0.429. The van der Waals surface area contributed by atoms with E-state index in [-0.39, 0.29) is 0 Å². The van der Waals surface area contributed by atoms with Crippen molar-refractivity contribution in [2.45, 2.75) is 26.2 Å². The van der Waals surface area contributed by atoms with Crippen LogP contribution in [0, 0.1) is 6.92 Å². The maximum absolute atomic E-state index is 5.75. The van der Waals surface area contributed by atoms with Gasteiger partial charge in [-0.25, -0.2) is 0 Å². The summed E-state index contributed by atoms with van der Waals surface area (Å²) >= 11 is 0. The van der Waals surface area contributed by atoms with Gasteiger partial charge < -0.3 is 15.2 Å². The molecule has 0 bridgehead atoms. The molecular weight excluding hydrogens is 240 g/mol. The van der Waals surface area contributed by atoms with E-state index in [9.17, 15) is 0 Å². The van der Waals surface area contributed by atoms with E-state index in [0.717, 1.165) is 29.9 Å². The molecule has 0 unspecified atom stereocenters. The van der Waals surface area contributed by atoms with Crippen LogP contribution in [-0.2, 0) is 0 Å². The number of nitrogen functional groups attached to an aromatic ring is 1. The number of rotatable bonds is 2. The Balaban J connectivity index is 1.87. The van der Waals surface area contributed by atoms with Gasteiger partial charge in [-0.15, -0.1) is 0 Å². The van der Waals surface area contributed by atoms with Gasteiger partial charge in [-0.3, -0.25) is 0 Å². The highest BCUT2D eigenvalue weighted by molar-refractivity contribution is 5.63. The van der Waals surface area contributed by atoms with Gasteiger partial charge in [0.15, 0.2) is 0 Å². The first-order valence-corrected chi connectivity index (χ1v) is 6.69. The van der Waals surface area contributed by atoms with E-state index in [1.165, 1.54) is 19.3 Å². The van der Waals surface area contributed by atoms with Crippen molar-refractivity contribution >= 4 is 11.6 Å². The maximum atomic E-state index is 5.75. The molecule has 19 heavy (non-hydrogen) atoms. The lowest BCUT2D eigenvalue weighted by molar-refractivity contribution is 0.426. The van der Waals surface area contributed by atoms with Gasteiger partial charge in [0.25, 0.3) is 11.8 Å². The molecule has 2 heterocycles. The van der Waals surface area contributed by atoms with Gasteiger partial charge in [-0.1, -0.05) is 0 Å². The maximum Gasteiger partial charge on any atom is 0.266 e. The molecule has 2 aromatic rings. The van der Waals surface area contributed by atoms with Gasteiger partial charge in [0.2, 0.25) is 0 Å². The van der Waals surface area contributed by atoms with Crippen LogP contribution in [-0.4, -0.2) is 23.2 Å². The second-order valence-corrected chi connectivity index (χ2v) is 5.02. The zero-order valence-corrected chi connectivity index (χ0v) is 11.1. The molecule has 3 rings (SSSR count). The Kier molecular flexibility index (Phi) is 3.11. The van der Waals surface area contributed by atoms with Crippen LogP contribution in [0.4, 0.5) is 11.6 Å². The van der Waals surface area contributed by atoms with Crippen LogP contribution in [0.25, 0.3) is 11.5 Å². The molecule has 5 nitrogen and oxygen atoms in total. The summed E-state index contributed by atoms with van der Waals surface area (Å²) in [4.78, 5) is 6.69. The number of nitrogens with two attached hydrogens (primary N) is 1. The average molecular weight is 258 g/mol. The van der Waals surface area contributed by atoms with Crippen molar-refractivity contribution in [2.75, 3.05) is 23.7 Å². The Morgan fingerprint density at radius 3 is 2.74 bits per heavy atom. The van der Waals surface area contributed by atoms with Gasteiger partial charge >= 0.3 is 0 Å². The molecule has 2 N–H and O–H groups in total. The first-order valence-electron chi connectivity index (χ1n) is 6.69. The van der Waals surface area contributed by atoms with Gasteiger partial charge in [0.1, 0.15) is 0 Å². The Morgan fingerprint density at radius 2 is 2.00 bits per heavy atom. The zero-order valence-electron chi connectivity index (χ0n) is 11.1. The largest absolute Gasteiger partial charge is 0.399 e. The fourth-order valence-corrected chi connectivity index (χ4v) is 2.47. The highest BCUT2D eigenvalue weighted by Gasteiger charge is 2.18.